The molecule has 1 aliphatic heterocycles. The maximum atomic E-state index is 12.8. The van der Waals surface area contributed by atoms with Crippen molar-refractivity contribution in [2.45, 2.75) is 37.7 Å². The fourth-order valence-electron chi connectivity index (χ4n) is 3.42. The van der Waals surface area contributed by atoms with Crippen molar-refractivity contribution in [2.24, 2.45) is 0 Å². The minimum atomic E-state index is -3.68. The second-order valence-corrected chi connectivity index (χ2v) is 9.74. The molecule has 168 valence electrons. The van der Waals surface area contributed by atoms with E-state index in [-0.39, 0.29) is 28.0 Å². The Bertz CT molecular complexity index is 1220. The molecule has 0 spiro atoms. The molecule has 2 aromatic carbocycles. The van der Waals surface area contributed by atoms with E-state index < -0.39 is 16.0 Å². The molecule has 10 heteroatoms. The first-order valence-corrected chi connectivity index (χ1v) is 12.1. The molecule has 0 aliphatic carbocycles. The number of sulfonamides is 1. The highest BCUT2D eigenvalue weighted by atomic mass is 35.5. The van der Waals surface area contributed by atoms with Crippen molar-refractivity contribution < 1.29 is 22.5 Å². The van der Waals surface area contributed by atoms with Gasteiger partial charge in [-0.1, -0.05) is 47.9 Å². The van der Waals surface area contributed by atoms with E-state index >= 15 is 0 Å². The molecule has 0 unspecified atom stereocenters. The van der Waals surface area contributed by atoms with Gasteiger partial charge in [0.1, 0.15) is 0 Å². The van der Waals surface area contributed by atoms with Gasteiger partial charge in [-0.2, -0.15) is 9.29 Å². The van der Waals surface area contributed by atoms with Gasteiger partial charge in [-0.15, -0.1) is 0 Å². The number of nitrogens with zero attached hydrogens (tertiary/aromatic N) is 3. The lowest BCUT2D eigenvalue weighted by Gasteiger charge is -2.16. The van der Waals surface area contributed by atoms with Crippen LogP contribution in [-0.2, 0) is 27.8 Å². The maximum absolute atomic E-state index is 12.8. The zero-order valence-electron chi connectivity index (χ0n) is 17.5. The Labute approximate surface area is 191 Å². The Kier molecular flexibility index (Phi) is 6.59. The largest absolute Gasteiger partial charge is 0.452 e. The van der Waals surface area contributed by atoms with E-state index in [1.807, 2.05) is 24.3 Å². The highest BCUT2D eigenvalue weighted by Gasteiger charge is 2.28. The van der Waals surface area contributed by atoms with E-state index in [1.165, 1.54) is 28.1 Å². The molecule has 0 saturated carbocycles. The molecule has 4 rings (SSSR count). The van der Waals surface area contributed by atoms with Crippen molar-refractivity contribution in [3.63, 3.8) is 0 Å². The van der Waals surface area contributed by atoms with Crippen LogP contribution >= 0.6 is 11.6 Å². The van der Waals surface area contributed by atoms with Crippen molar-refractivity contribution in [3.05, 3.63) is 64.5 Å². The van der Waals surface area contributed by atoms with Gasteiger partial charge in [0, 0.05) is 18.7 Å². The first-order valence-electron chi connectivity index (χ1n) is 10.3. The number of ether oxygens (including phenoxy) is 1. The summed E-state index contributed by atoms with van der Waals surface area (Å²) in [6.07, 6.45) is 2.56. The van der Waals surface area contributed by atoms with Crippen LogP contribution in [0.4, 0.5) is 0 Å². The summed E-state index contributed by atoms with van der Waals surface area (Å²) < 4.78 is 37.4. The summed E-state index contributed by atoms with van der Waals surface area (Å²) in [6.45, 7) is 2.73. The quantitative estimate of drug-likeness (QED) is 0.474. The fourth-order valence-corrected chi connectivity index (χ4v) is 5.16. The molecule has 3 aromatic rings. The first kappa shape index (κ1) is 22.4. The molecule has 0 atom stereocenters. The van der Waals surface area contributed by atoms with Crippen LogP contribution in [0.15, 0.2) is 51.9 Å². The summed E-state index contributed by atoms with van der Waals surface area (Å²) in [5.74, 6) is -0.277. The Morgan fingerprint density at radius 1 is 1.16 bits per heavy atom. The summed E-state index contributed by atoms with van der Waals surface area (Å²) in [5.41, 5.74) is 1.94. The van der Waals surface area contributed by atoms with Crippen LogP contribution in [0, 0.1) is 0 Å². The van der Waals surface area contributed by atoms with Gasteiger partial charge in [0.25, 0.3) is 5.89 Å². The normalized spacial score (nSPS) is 14.6. The average molecular weight is 476 g/mol. The molecule has 1 aromatic heterocycles. The third-order valence-corrected chi connectivity index (χ3v) is 7.50. The van der Waals surface area contributed by atoms with Crippen LogP contribution in [-0.4, -0.2) is 41.9 Å². The van der Waals surface area contributed by atoms with Crippen LogP contribution in [0.5, 0.6) is 0 Å². The summed E-state index contributed by atoms with van der Waals surface area (Å²) in [7, 11) is -3.68. The van der Waals surface area contributed by atoms with Gasteiger partial charge in [0.2, 0.25) is 15.8 Å². The zero-order valence-corrected chi connectivity index (χ0v) is 19.0. The molecule has 2 heterocycles. The Morgan fingerprint density at radius 2 is 1.88 bits per heavy atom. The van der Waals surface area contributed by atoms with Gasteiger partial charge < -0.3 is 9.26 Å². The van der Waals surface area contributed by atoms with Gasteiger partial charge >= 0.3 is 5.97 Å². The summed E-state index contributed by atoms with van der Waals surface area (Å²) in [6, 6.07) is 11.8. The average Bonchev–Trinajstić information content (AvgIpc) is 3.50. The number of aryl methyl sites for hydroxylation is 1. The molecule has 0 bridgehead atoms. The molecule has 1 saturated heterocycles. The molecule has 32 heavy (non-hydrogen) atoms. The second kappa shape index (κ2) is 9.40. The van der Waals surface area contributed by atoms with E-state index in [2.05, 4.69) is 17.1 Å². The van der Waals surface area contributed by atoms with Crippen molar-refractivity contribution in [1.29, 1.82) is 0 Å². The van der Waals surface area contributed by atoms with Crippen LogP contribution in [0.1, 0.15) is 41.6 Å². The fraction of sp³-hybridized carbons (Fsp3) is 0.318. The lowest BCUT2D eigenvalue weighted by Crippen LogP contribution is -2.28. The number of hydrogen-bond donors (Lipinski definition) is 0. The number of esters is 1. The van der Waals surface area contributed by atoms with Gasteiger partial charge in [-0.25, -0.2) is 13.2 Å². The highest BCUT2D eigenvalue weighted by molar-refractivity contribution is 7.89. The minimum Gasteiger partial charge on any atom is -0.452 e. The molecular formula is C22H22ClN3O5S. The van der Waals surface area contributed by atoms with Crippen molar-refractivity contribution in [3.8, 4) is 11.4 Å². The Balaban J connectivity index is 1.46. The van der Waals surface area contributed by atoms with Crippen molar-refractivity contribution >= 4 is 27.6 Å². The number of hydrogen-bond acceptors (Lipinski definition) is 7. The van der Waals surface area contributed by atoms with Gasteiger partial charge in [-0.05, 0) is 43.0 Å². The third kappa shape index (κ3) is 4.69. The van der Waals surface area contributed by atoms with Crippen LogP contribution in [0.2, 0.25) is 5.02 Å². The van der Waals surface area contributed by atoms with Gasteiger partial charge in [-0.3, -0.25) is 0 Å². The number of aromatic nitrogens is 2. The summed E-state index contributed by atoms with van der Waals surface area (Å²) in [4.78, 5) is 16.8. The molecule has 0 N–H and O–H groups in total. The SMILES string of the molecule is CCc1ccc(-c2noc(COC(=O)c3cc(S(=O)(=O)N4CCCC4)ccc3Cl)n2)cc1. The van der Waals surface area contributed by atoms with Crippen molar-refractivity contribution in [2.75, 3.05) is 13.1 Å². The van der Waals surface area contributed by atoms with Crippen LogP contribution in [0.25, 0.3) is 11.4 Å². The van der Waals surface area contributed by atoms with E-state index in [9.17, 15) is 13.2 Å². The molecule has 1 aliphatic rings. The molecular weight excluding hydrogens is 454 g/mol. The number of rotatable bonds is 7. The van der Waals surface area contributed by atoms with Crippen LogP contribution in [0.3, 0.4) is 0 Å². The Morgan fingerprint density at radius 3 is 2.56 bits per heavy atom. The smallest absolute Gasteiger partial charge is 0.340 e. The third-order valence-electron chi connectivity index (χ3n) is 5.28. The highest BCUT2D eigenvalue weighted by Crippen LogP contribution is 2.26. The molecule has 1 fully saturated rings. The zero-order chi connectivity index (χ0) is 22.7. The van der Waals surface area contributed by atoms with Crippen molar-refractivity contribution in [1.82, 2.24) is 14.4 Å². The first-order chi connectivity index (χ1) is 15.4. The van der Waals surface area contributed by atoms with E-state index in [0.717, 1.165) is 24.8 Å². The number of carbonyl (C=O) groups is 1. The predicted octanol–water partition coefficient (Wildman–Crippen LogP) is 4.09. The van der Waals surface area contributed by atoms with E-state index in [1.54, 1.807) is 0 Å². The number of carbonyl (C=O) groups excluding carboxylic acids is 1. The monoisotopic (exact) mass is 475 g/mol. The molecule has 8 nitrogen and oxygen atoms in total. The molecule has 0 amide bonds. The number of halogens is 1. The topological polar surface area (TPSA) is 103 Å². The lowest BCUT2D eigenvalue weighted by atomic mass is 10.1. The summed E-state index contributed by atoms with van der Waals surface area (Å²) >= 11 is 6.13. The Hall–Kier alpha value is -2.75. The lowest BCUT2D eigenvalue weighted by molar-refractivity contribution is 0.0429. The number of benzene rings is 2. The van der Waals surface area contributed by atoms with Gasteiger partial charge in [0.05, 0.1) is 15.5 Å². The standard InChI is InChI=1S/C22H22ClN3O5S/c1-2-15-5-7-16(8-6-15)21-24-20(31-25-21)14-30-22(27)18-13-17(9-10-19(18)23)32(28,29)26-11-3-4-12-26/h5-10,13H,2-4,11-12,14H2,1H3. The summed E-state index contributed by atoms with van der Waals surface area (Å²) in [5, 5.41) is 4.01. The maximum Gasteiger partial charge on any atom is 0.340 e. The minimum absolute atomic E-state index is 0.00588. The van der Waals surface area contributed by atoms with E-state index in [4.69, 9.17) is 20.9 Å². The second-order valence-electron chi connectivity index (χ2n) is 7.39. The predicted molar refractivity (Wildman–Crippen MR) is 118 cm³/mol. The van der Waals surface area contributed by atoms with Gasteiger partial charge in [0.15, 0.2) is 6.61 Å². The van der Waals surface area contributed by atoms with Crippen LogP contribution < -0.4 is 0 Å². The van der Waals surface area contributed by atoms with E-state index in [0.29, 0.717) is 18.9 Å². The molecule has 0 radical (unpaired) electrons.